The highest BCUT2D eigenvalue weighted by Crippen LogP contribution is 2.19. The van der Waals surface area contributed by atoms with Crippen LogP contribution in [0, 0.1) is 0 Å². The van der Waals surface area contributed by atoms with Gasteiger partial charge < -0.3 is 4.57 Å². The molecule has 0 spiro atoms. The highest BCUT2D eigenvalue weighted by atomic mass is 32.2. The van der Waals surface area contributed by atoms with Gasteiger partial charge in [0.2, 0.25) is 0 Å². The molecular weight excluding hydrogens is 314 g/mol. The Morgan fingerprint density at radius 3 is 2.78 bits per heavy atom. The molecule has 2 N–H and O–H groups in total. The monoisotopic (exact) mass is 331 g/mol. The number of nitrogens with one attached hydrogen (secondary N) is 2. The minimum absolute atomic E-state index is 0.292. The summed E-state index contributed by atoms with van der Waals surface area (Å²) in [6.45, 7) is 2.78. The summed E-state index contributed by atoms with van der Waals surface area (Å²) in [6.07, 6.45) is 8.91. The van der Waals surface area contributed by atoms with Gasteiger partial charge >= 0.3 is 5.69 Å². The number of aryl methyl sites for hydroxylation is 2. The van der Waals surface area contributed by atoms with E-state index in [0.717, 1.165) is 28.7 Å². The molecule has 3 rings (SSSR count). The van der Waals surface area contributed by atoms with Crippen LogP contribution in [0.25, 0.3) is 11.4 Å². The fraction of sp³-hybridized carbons (Fsp3) is 0.357. The molecule has 0 unspecified atom stereocenters. The third kappa shape index (κ3) is 3.86. The SMILES string of the molecule is CCCSc1ncc(-c2nccn2CCc2n[nH]c(=O)[nH]2)cn1. The van der Waals surface area contributed by atoms with E-state index in [1.54, 1.807) is 30.4 Å². The highest BCUT2D eigenvalue weighted by molar-refractivity contribution is 7.99. The van der Waals surface area contributed by atoms with Crippen LogP contribution >= 0.6 is 11.8 Å². The molecule has 0 bridgehead atoms. The van der Waals surface area contributed by atoms with E-state index in [9.17, 15) is 4.79 Å². The van der Waals surface area contributed by atoms with Crippen molar-refractivity contribution in [1.82, 2.24) is 34.7 Å². The molecule has 0 saturated carbocycles. The van der Waals surface area contributed by atoms with Gasteiger partial charge in [-0.2, -0.15) is 5.10 Å². The van der Waals surface area contributed by atoms with Crippen LogP contribution in [0.15, 0.2) is 34.7 Å². The maximum Gasteiger partial charge on any atom is 0.340 e. The largest absolute Gasteiger partial charge is 0.340 e. The zero-order valence-corrected chi connectivity index (χ0v) is 13.5. The summed E-state index contributed by atoms with van der Waals surface area (Å²) < 4.78 is 1.99. The molecular formula is C14H17N7OS. The predicted molar refractivity (Wildman–Crippen MR) is 87.2 cm³/mol. The number of aromatic amines is 2. The van der Waals surface area contributed by atoms with Crippen molar-refractivity contribution in [2.24, 2.45) is 0 Å². The van der Waals surface area contributed by atoms with Gasteiger partial charge in [0.05, 0.1) is 5.56 Å². The Bertz CT molecular complexity index is 805. The Morgan fingerprint density at radius 1 is 1.26 bits per heavy atom. The van der Waals surface area contributed by atoms with Crippen molar-refractivity contribution in [3.05, 3.63) is 41.1 Å². The molecule has 8 nitrogen and oxygen atoms in total. The van der Waals surface area contributed by atoms with Crippen LogP contribution in [0.2, 0.25) is 0 Å². The van der Waals surface area contributed by atoms with Gasteiger partial charge in [-0.15, -0.1) is 0 Å². The van der Waals surface area contributed by atoms with Crippen LogP contribution in [0.4, 0.5) is 0 Å². The van der Waals surface area contributed by atoms with Crippen molar-refractivity contribution in [1.29, 1.82) is 0 Å². The van der Waals surface area contributed by atoms with E-state index in [1.165, 1.54) is 0 Å². The van der Waals surface area contributed by atoms with Crippen molar-refractivity contribution in [3.63, 3.8) is 0 Å². The zero-order chi connectivity index (χ0) is 16.1. The van der Waals surface area contributed by atoms with E-state index in [4.69, 9.17) is 0 Å². The lowest BCUT2D eigenvalue weighted by Crippen LogP contribution is -2.05. The Morgan fingerprint density at radius 2 is 2.09 bits per heavy atom. The highest BCUT2D eigenvalue weighted by Gasteiger charge is 2.08. The first-order valence-corrected chi connectivity index (χ1v) is 8.34. The lowest BCUT2D eigenvalue weighted by molar-refractivity contribution is 0.678. The van der Waals surface area contributed by atoms with E-state index in [1.807, 2.05) is 10.8 Å². The summed E-state index contributed by atoms with van der Waals surface area (Å²) in [5, 5.41) is 7.04. The van der Waals surface area contributed by atoms with Crippen LogP contribution in [-0.2, 0) is 13.0 Å². The molecule has 120 valence electrons. The maximum atomic E-state index is 11.0. The predicted octanol–water partition coefficient (Wildman–Crippen LogP) is 1.50. The van der Waals surface area contributed by atoms with Crippen LogP contribution < -0.4 is 5.69 Å². The van der Waals surface area contributed by atoms with Crippen molar-refractivity contribution in [3.8, 4) is 11.4 Å². The van der Waals surface area contributed by atoms with Gasteiger partial charge in [-0.25, -0.2) is 24.8 Å². The minimum atomic E-state index is -0.292. The number of H-pyrrole nitrogens is 2. The fourth-order valence-corrected chi connectivity index (χ4v) is 2.74. The zero-order valence-electron chi connectivity index (χ0n) is 12.7. The Balaban J connectivity index is 1.71. The average Bonchev–Trinajstić information content (AvgIpc) is 3.20. The topological polar surface area (TPSA) is 105 Å². The normalized spacial score (nSPS) is 11.0. The third-order valence-electron chi connectivity index (χ3n) is 3.18. The van der Waals surface area contributed by atoms with E-state index in [0.29, 0.717) is 18.8 Å². The van der Waals surface area contributed by atoms with Crippen LogP contribution in [0.1, 0.15) is 19.2 Å². The molecule has 0 aliphatic rings. The fourth-order valence-electron chi connectivity index (χ4n) is 2.10. The van der Waals surface area contributed by atoms with Gasteiger partial charge in [0.25, 0.3) is 0 Å². The molecule has 0 amide bonds. The van der Waals surface area contributed by atoms with Gasteiger partial charge in [-0.3, -0.25) is 4.98 Å². The summed E-state index contributed by atoms with van der Waals surface area (Å²) in [7, 11) is 0. The minimum Gasteiger partial charge on any atom is -0.330 e. The van der Waals surface area contributed by atoms with Crippen molar-refractivity contribution in [2.45, 2.75) is 31.5 Å². The van der Waals surface area contributed by atoms with Gasteiger partial charge in [0.15, 0.2) is 5.16 Å². The number of aromatic nitrogens is 7. The molecule has 0 aliphatic carbocycles. The van der Waals surface area contributed by atoms with E-state index < -0.39 is 0 Å². The van der Waals surface area contributed by atoms with Crippen LogP contribution in [0.3, 0.4) is 0 Å². The molecule has 3 heterocycles. The second kappa shape index (κ2) is 7.23. The Labute approximate surface area is 136 Å². The molecule has 0 aliphatic heterocycles. The lowest BCUT2D eigenvalue weighted by Gasteiger charge is -2.06. The Hall–Kier alpha value is -2.42. The van der Waals surface area contributed by atoms with E-state index in [2.05, 4.69) is 37.1 Å². The van der Waals surface area contributed by atoms with Gasteiger partial charge in [-0.1, -0.05) is 18.7 Å². The second-order valence-electron chi connectivity index (χ2n) is 4.92. The van der Waals surface area contributed by atoms with Gasteiger partial charge in [0, 0.05) is 43.5 Å². The van der Waals surface area contributed by atoms with Crippen LogP contribution in [-0.4, -0.2) is 40.5 Å². The maximum absolute atomic E-state index is 11.0. The summed E-state index contributed by atoms with van der Waals surface area (Å²) in [4.78, 5) is 26.8. The van der Waals surface area contributed by atoms with E-state index in [-0.39, 0.29) is 5.69 Å². The molecule has 0 saturated heterocycles. The average molecular weight is 331 g/mol. The number of hydrogen-bond acceptors (Lipinski definition) is 6. The first-order valence-electron chi connectivity index (χ1n) is 7.36. The molecule has 0 atom stereocenters. The molecule has 3 aromatic rings. The lowest BCUT2D eigenvalue weighted by atomic mass is 10.3. The summed E-state index contributed by atoms with van der Waals surface area (Å²) in [5.41, 5.74) is 0.575. The number of imidazole rings is 1. The smallest absolute Gasteiger partial charge is 0.330 e. The standard InChI is InChI=1S/C14H17N7OS/c1-2-7-23-14-16-8-10(9-17-14)12-15-4-6-21(12)5-3-11-18-13(22)20-19-11/h4,6,8-9H,2-3,5,7H2,1H3,(H2,18,19,20,22). The van der Waals surface area contributed by atoms with Crippen LogP contribution in [0.5, 0.6) is 0 Å². The van der Waals surface area contributed by atoms with Gasteiger partial charge in [-0.05, 0) is 6.42 Å². The quantitative estimate of drug-likeness (QED) is 0.502. The number of hydrogen-bond donors (Lipinski definition) is 2. The second-order valence-corrected chi connectivity index (χ2v) is 5.98. The van der Waals surface area contributed by atoms with Crippen molar-refractivity contribution >= 4 is 11.8 Å². The summed E-state index contributed by atoms with van der Waals surface area (Å²) in [5.74, 6) is 2.43. The summed E-state index contributed by atoms with van der Waals surface area (Å²) >= 11 is 1.65. The molecule has 0 fully saturated rings. The molecule has 23 heavy (non-hydrogen) atoms. The number of rotatable bonds is 7. The number of nitrogens with zero attached hydrogens (tertiary/aromatic N) is 5. The first kappa shape index (κ1) is 15.5. The number of thioether (sulfide) groups is 1. The Kier molecular flexibility index (Phi) is 4.86. The van der Waals surface area contributed by atoms with Crippen molar-refractivity contribution in [2.75, 3.05) is 5.75 Å². The summed E-state index contributed by atoms with van der Waals surface area (Å²) in [6, 6.07) is 0. The molecule has 0 radical (unpaired) electrons. The van der Waals surface area contributed by atoms with E-state index >= 15 is 0 Å². The molecule has 3 aromatic heterocycles. The third-order valence-corrected chi connectivity index (χ3v) is 4.26. The molecule has 0 aromatic carbocycles. The first-order chi connectivity index (χ1) is 11.3. The van der Waals surface area contributed by atoms with Gasteiger partial charge in [0.1, 0.15) is 11.6 Å². The van der Waals surface area contributed by atoms with Crippen molar-refractivity contribution < 1.29 is 0 Å². The molecule has 9 heteroatoms.